The van der Waals surface area contributed by atoms with Crippen LogP contribution in [0.3, 0.4) is 0 Å². The Hall–Kier alpha value is -2.59. The van der Waals surface area contributed by atoms with Gasteiger partial charge in [0.25, 0.3) is 5.91 Å². The summed E-state index contributed by atoms with van der Waals surface area (Å²) in [4.78, 5) is 10.7. The number of carbonyl (C=O) groups is 1. The average molecular weight is 255 g/mol. The van der Waals surface area contributed by atoms with Gasteiger partial charge in [-0.3, -0.25) is 10.0 Å². The predicted molar refractivity (Wildman–Crippen MR) is 71.6 cm³/mol. The Kier molecular flexibility index (Phi) is 4.31. The number of ether oxygens (including phenoxy) is 1. The van der Waals surface area contributed by atoms with E-state index in [9.17, 15) is 4.79 Å². The zero-order valence-corrected chi connectivity index (χ0v) is 10.1. The standard InChI is InChI=1S/C15H13NO3/c17-15(16-18)10-11-19-14-8-6-13(7-9-14)12-4-2-1-3-5-12/h1-11,18H,(H,16,17)/b11-10+. The molecule has 4 heteroatoms. The zero-order valence-electron chi connectivity index (χ0n) is 10.1. The van der Waals surface area contributed by atoms with Gasteiger partial charge < -0.3 is 4.74 Å². The number of hydroxylamine groups is 1. The maximum Gasteiger partial charge on any atom is 0.270 e. The molecule has 2 aromatic rings. The Morgan fingerprint density at radius 1 is 1.00 bits per heavy atom. The third-order valence-electron chi connectivity index (χ3n) is 2.50. The Balaban J connectivity index is 2.03. The molecule has 0 aromatic heterocycles. The van der Waals surface area contributed by atoms with Gasteiger partial charge >= 0.3 is 0 Å². The van der Waals surface area contributed by atoms with Crippen molar-refractivity contribution in [2.24, 2.45) is 0 Å². The van der Waals surface area contributed by atoms with Crippen LogP contribution in [0.2, 0.25) is 0 Å². The summed E-state index contributed by atoms with van der Waals surface area (Å²) in [5.74, 6) is -0.0254. The van der Waals surface area contributed by atoms with Gasteiger partial charge in [0.15, 0.2) is 0 Å². The molecule has 19 heavy (non-hydrogen) atoms. The van der Waals surface area contributed by atoms with Gasteiger partial charge in [0.1, 0.15) is 5.75 Å². The van der Waals surface area contributed by atoms with E-state index in [0.717, 1.165) is 17.2 Å². The zero-order chi connectivity index (χ0) is 13.5. The van der Waals surface area contributed by atoms with E-state index in [1.54, 1.807) is 0 Å². The highest BCUT2D eigenvalue weighted by atomic mass is 16.5. The molecule has 0 fully saturated rings. The van der Waals surface area contributed by atoms with Gasteiger partial charge in [-0.15, -0.1) is 0 Å². The maximum atomic E-state index is 10.7. The highest BCUT2D eigenvalue weighted by molar-refractivity contribution is 5.86. The monoisotopic (exact) mass is 255 g/mol. The summed E-state index contributed by atoms with van der Waals surface area (Å²) in [7, 11) is 0. The normalized spacial score (nSPS) is 10.4. The Bertz CT molecular complexity index is 562. The van der Waals surface area contributed by atoms with Crippen LogP contribution in [0.5, 0.6) is 5.75 Å². The SMILES string of the molecule is O=C(/C=C/Oc1ccc(-c2ccccc2)cc1)NO. The molecule has 96 valence electrons. The molecule has 0 saturated heterocycles. The van der Waals surface area contributed by atoms with E-state index in [0.29, 0.717) is 5.75 Å². The molecule has 2 aromatic carbocycles. The predicted octanol–water partition coefficient (Wildman–Crippen LogP) is 2.75. The molecule has 1 amide bonds. The summed E-state index contributed by atoms with van der Waals surface area (Å²) in [5.41, 5.74) is 3.69. The van der Waals surface area contributed by atoms with Crippen LogP contribution in [-0.2, 0) is 4.79 Å². The van der Waals surface area contributed by atoms with Crippen LogP contribution in [0.15, 0.2) is 66.9 Å². The first kappa shape index (κ1) is 12.9. The van der Waals surface area contributed by atoms with Crippen LogP contribution >= 0.6 is 0 Å². The number of carbonyl (C=O) groups excluding carboxylic acids is 1. The molecule has 2 rings (SSSR count). The van der Waals surface area contributed by atoms with Gasteiger partial charge in [0.05, 0.1) is 6.26 Å². The molecule has 0 bridgehead atoms. The Morgan fingerprint density at radius 3 is 2.26 bits per heavy atom. The largest absolute Gasteiger partial charge is 0.465 e. The second kappa shape index (κ2) is 6.37. The van der Waals surface area contributed by atoms with E-state index in [2.05, 4.69) is 0 Å². The minimum absolute atomic E-state index is 0.613. The van der Waals surface area contributed by atoms with E-state index in [4.69, 9.17) is 9.94 Å². The van der Waals surface area contributed by atoms with E-state index in [1.165, 1.54) is 11.7 Å². The number of amides is 1. The second-order valence-electron chi connectivity index (χ2n) is 3.79. The number of benzene rings is 2. The smallest absolute Gasteiger partial charge is 0.270 e. The van der Waals surface area contributed by atoms with Crippen molar-refractivity contribution in [1.82, 2.24) is 5.48 Å². The molecule has 4 nitrogen and oxygen atoms in total. The number of hydrogen-bond acceptors (Lipinski definition) is 3. The third kappa shape index (κ3) is 3.69. The minimum atomic E-state index is -0.638. The molecule has 0 aliphatic heterocycles. The molecule has 0 spiro atoms. The van der Waals surface area contributed by atoms with Crippen molar-refractivity contribution in [1.29, 1.82) is 0 Å². The van der Waals surface area contributed by atoms with Gasteiger partial charge in [-0.25, -0.2) is 5.48 Å². The molecule has 0 heterocycles. The quantitative estimate of drug-likeness (QED) is 0.382. The molecule has 0 aliphatic carbocycles. The van der Waals surface area contributed by atoms with Gasteiger partial charge in [0, 0.05) is 6.08 Å². The number of rotatable bonds is 4. The molecule has 2 N–H and O–H groups in total. The van der Waals surface area contributed by atoms with Crippen molar-refractivity contribution in [3.8, 4) is 16.9 Å². The van der Waals surface area contributed by atoms with Crippen LogP contribution in [0, 0.1) is 0 Å². The van der Waals surface area contributed by atoms with E-state index < -0.39 is 5.91 Å². The van der Waals surface area contributed by atoms with Crippen molar-refractivity contribution in [2.75, 3.05) is 0 Å². The van der Waals surface area contributed by atoms with Crippen molar-refractivity contribution in [3.63, 3.8) is 0 Å². The summed E-state index contributed by atoms with van der Waals surface area (Å²) < 4.78 is 5.22. The first-order valence-corrected chi connectivity index (χ1v) is 5.72. The molecule has 0 radical (unpaired) electrons. The fourth-order valence-corrected chi connectivity index (χ4v) is 1.57. The maximum absolute atomic E-state index is 10.7. The lowest BCUT2D eigenvalue weighted by Gasteiger charge is -2.03. The van der Waals surface area contributed by atoms with Crippen LogP contribution in [0.4, 0.5) is 0 Å². The summed E-state index contributed by atoms with van der Waals surface area (Å²) >= 11 is 0. The lowest BCUT2D eigenvalue weighted by atomic mass is 10.1. The highest BCUT2D eigenvalue weighted by Gasteiger charge is 1.97. The Morgan fingerprint density at radius 2 is 1.63 bits per heavy atom. The Labute approximate surface area is 110 Å². The van der Waals surface area contributed by atoms with Crippen molar-refractivity contribution in [3.05, 3.63) is 66.9 Å². The van der Waals surface area contributed by atoms with Crippen LogP contribution in [0.1, 0.15) is 0 Å². The lowest BCUT2D eigenvalue weighted by molar-refractivity contribution is -0.124. The number of nitrogens with one attached hydrogen (secondary N) is 1. The van der Waals surface area contributed by atoms with Gasteiger partial charge in [0.2, 0.25) is 0 Å². The third-order valence-corrected chi connectivity index (χ3v) is 2.50. The van der Waals surface area contributed by atoms with Gasteiger partial charge in [-0.2, -0.15) is 0 Å². The van der Waals surface area contributed by atoms with Gasteiger partial charge in [-0.1, -0.05) is 42.5 Å². The molecule has 0 saturated carbocycles. The first-order valence-electron chi connectivity index (χ1n) is 5.72. The summed E-state index contributed by atoms with van der Waals surface area (Å²) in [6, 6.07) is 17.5. The van der Waals surface area contributed by atoms with Crippen LogP contribution < -0.4 is 10.2 Å². The molecular formula is C15H13NO3. The van der Waals surface area contributed by atoms with Crippen molar-refractivity contribution in [2.45, 2.75) is 0 Å². The highest BCUT2D eigenvalue weighted by Crippen LogP contribution is 2.21. The second-order valence-corrected chi connectivity index (χ2v) is 3.79. The summed E-state index contributed by atoms with van der Waals surface area (Å²) in [6.45, 7) is 0. The van der Waals surface area contributed by atoms with Crippen molar-refractivity contribution >= 4 is 5.91 Å². The number of hydrogen-bond donors (Lipinski definition) is 2. The van der Waals surface area contributed by atoms with E-state index in [1.807, 2.05) is 54.6 Å². The van der Waals surface area contributed by atoms with Crippen LogP contribution in [0.25, 0.3) is 11.1 Å². The van der Waals surface area contributed by atoms with Gasteiger partial charge in [-0.05, 0) is 23.3 Å². The summed E-state index contributed by atoms with van der Waals surface area (Å²) in [6.07, 6.45) is 2.30. The van der Waals surface area contributed by atoms with E-state index in [-0.39, 0.29) is 0 Å². The molecule has 0 atom stereocenters. The first-order chi connectivity index (χ1) is 9.29. The fraction of sp³-hybridized carbons (Fsp3) is 0. The minimum Gasteiger partial charge on any atom is -0.465 e. The molecule has 0 aliphatic rings. The fourth-order valence-electron chi connectivity index (χ4n) is 1.57. The average Bonchev–Trinajstić information content (AvgIpc) is 2.48. The van der Waals surface area contributed by atoms with Crippen LogP contribution in [-0.4, -0.2) is 11.1 Å². The topological polar surface area (TPSA) is 58.6 Å². The molecule has 0 unspecified atom stereocenters. The van der Waals surface area contributed by atoms with E-state index >= 15 is 0 Å². The molecular weight excluding hydrogens is 242 g/mol. The lowest BCUT2D eigenvalue weighted by Crippen LogP contribution is -2.15. The summed E-state index contributed by atoms with van der Waals surface area (Å²) in [5, 5.41) is 8.29. The van der Waals surface area contributed by atoms with Crippen molar-refractivity contribution < 1.29 is 14.7 Å².